The van der Waals surface area contributed by atoms with Gasteiger partial charge in [-0.3, -0.25) is 0 Å². The number of anilines is 1. The molecular formula is C16H18N2O2S. The smallest absolute Gasteiger partial charge is 0.214 e. The van der Waals surface area contributed by atoms with Crippen LogP contribution in [0.4, 0.5) is 5.69 Å². The molecule has 0 aromatic heterocycles. The van der Waals surface area contributed by atoms with Crippen molar-refractivity contribution in [2.45, 2.75) is 13.0 Å². The van der Waals surface area contributed by atoms with Crippen LogP contribution < -0.4 is 5.73 Å². The molecule has 0 spiro atoms. The number of hydrogen-bond donors (Lipinski definition) is 1. The maximum Gasteiger partial charge on any atom is 0.214 e. The second-order valence-corrected chi connectivity index (χ2v) is 7.38. The number of nitrogen functional groups attached to an aromatic ring is 1. The van der Waals surface area contributed by atoms with E-state index in [4.69, 9.17) is 5.73 Å². The van der Waals surface area contributed by atoms with Crippen LogP contribution in [0.5, 0.6) is 0 Å². The average Bonchev–Trinajstić information content (AvgIpc) is 2.79. The Morgan fingerprint density at radius 3 is 2.62 bits per heavy atom. The van der Waals surface area contributed by atoms with Crippen LogP contribution in [0.15, 0.2) is 48.5 Å². The van der Waals surface area contributed by atoms with Gasteiger partial charge in [-0.1, -0.05) is 36.4 Å². The molecule has 110 valence electrons. The summed E-state index contributed by atoms with van der Waals surface area (Å²) in [4.78, 5) is 0. The molecule has 4 nitrogen and oxygen atoms in total. The molecule has 0 radical (unpaired) electrons. The highest BCUT2D eigenvalue weighted by molar-refractivity contribution is 7.89. The number of nitrogens with zero attached hydrogens (tertiary/aromatic N) is 1. The Morgan fingerprint density at radius 2 is 1.90 bits per heavy atom. The maximum absolute atomic E-state index is 11.9. The lowest BCUT2D eigenvalue weighted by atomic mass is 10.0. The zero-order chi connectivity index (χ0) is 14.9. The lowest BCUT2D eigenvalue weighted by molar-refractivity contribution is 0.440. The lowest BCUT2D eigenvalue weighted by Gasteiger charge is -2.15. The predicted octanol–water partition coefficient (Wildman–Crippen LogP) is 2.47. The van der Waals surface area contributed by atoms with Gasteiger partial charge < -0.3 is 5.73 Å². The van der Waals surface area contributed by atoms with Gasteiger partial charge in [-0.2, -0.15) is 4.31 Å². The molecule has 1 saturated heterocycles. The average molecular weight is 302 g/mol. The normalized spacial score (nSPS) is 17.9. The van der Waals surface area contributed by atoms with Crippen molar-refractivity contribution in [3.63, 3.8) is 0 Å². The first-order valence-electron chi connectivity index (χ1n) is 6.98. The number of rotatable bonds is 3. The third-order valence-corrected chi connectivity index (χ3v) is 5.66. The third-order valence-electron chi connectivity index (χ3n) is 3.76. The van der Waals surface area contributed by atoms with E-state index in [0.29, 0.717) is 19.5 Å². The van der Waals surface area contributed by atoms with E-state index in [9.17, 15) is 8.42 Å². The van der Waals surface area contributed by atoms with Gasteiger partial charge in [0.05, 0.1) is 5.75 Å². The zero-order valence-electron chi connectivity index (χ0n) is 11.7. The van der Waals surface area contributed by atoms with Crippen LogP contribution in [0.1, 0.15) is 12.0 Å². The van der Waals surface area contributed by atoms with Crippen molar-refractivity contribution in [3.05, 3.63) is 54.1 Å². The van der Waals surface area contributed by atoms with Gasteiger partial charge in [-0.15, -0.1) is 0 Å². The summed E-state index contributed by atoms with van der Waals surface area (Å²) >= 11 is 0. The molecule has 0 aliphatic carbocycles. The highest BCUT2D eigenvalue weighted by Gasteiger charge is 2.27. The largest absolute Gasteiger partial charge is 0.398 e. The van der Waals surface area contributed by atoms with Crippen LogP contribution in [0, 0.1) is 0 Å². The second kappa shape index (κ2) is 5.50. The van der Waals surface area contributed by atoms with Crippen molar-refractivity contribution >= 4 is 15.7 Å². The van der Waals surface area contributed by atoms with Crippen LogP contribution in [0.25, 0.3) is 11.1 Å². The van der Waals surface area contributed by atoms with Crippen molar-refractivity contribution < 1.29 is 8.42 Å². The molecule has 0 atom stereocenters. The first-order valence-corrected chi connectivity index (χ1v) is 8.59. The van der Waals surface area contributed by atoms with E-state index in [-0.39, 0.29) is 5.75 Å². The van der Waals surface area contributed by atoms with E-state index in [0.717, 1.165) is 22.4 Å². The van der Waals surface area contributed by atoms with E-state index in [1.54, 1.807) is 4.31 Å². The molecule has 2 N–H and O–H groups in total. The molecule has 1 aliphatic rings. The van der Waals surface area contributed by atoms with Crippen molar-refractivity contribution in [1.29, 1.82) is 0 Å². The highest BCUT2D eigenvalue weighted by atomic mass is 32.2. The summed E-state index contributed by atoms with van der Waals surface area (Å²) in [5.41, 5.74) is 9.71. The van der Waals surface area contributed by atoms with Crippen molar-refractivity contribution in [1.82, 2.24) is 4.31 Å². The Balaban J connectivity index is 1.89. The molecule has 0 bridgehead atoms. The predicted molar refractivity (Wildman–Crippen MR) is 85.1 cm³/mol. The van der Waals surface area contributed by atoms with E-state index in [2.05, 4.69) is 0 Å². The summed E-state index contributed by atoms with van der Waals surface area (Å²) in [6.07, 6.45) is 0.716. The lowest BCUT2D eigenvalue weighted by Crippen LogP contribution is -2.25. The van der Waals surface area contributed by atoms with Gasteiger partial charge in [0.2, 0.25) is 10.0 Å². The summed E-state index contributed by atoms with van der Waals surface area (Å²) in [6.45, 7) is 1.04. The minimum absolute atomic E-state index is 0.262. The minimum Gasteiger partial charge on any atom is -0.398 e. The Bertz CT molecular complexity index is 756. The highest BCUT2D eigenvalue weighted by Crippen LogP contribution is 2.27. The minimum atomic E-state index is -3.06. The zero-order valence-corrected chi connectivity index (χ0v) is 12.5. The van der Waals surface area contributed by atoms with Gasteiger partial charge in [0, 0.05) is 24.3 Å². The molecule has 2 aromatic carbocycles. The second-order valence-electron chi connectivity index (χ2n) is 5.29. The molecule has 0 saturated carbocycles. The molecular weight excluding hydrogens is 284 g/mol. The monoisotopic (exact) mass is 302 g/mol. The summed E-state index contributed by atoms with van der Waals surface area (Å²) in [7, 11) is -3.06. The third kappa shape index (κ3) is 2.94. The van der Waals surface area contributed by atoms with Gasteiger partial charge in [0.15, 0.2) is 0 Å². The molecule has 1 fully saturated rings. The van der Waals surface area contributed by atoms with Gasteiger partial charge in [-0.05, 0) is 29.7 Å². The molecule has 2 aromatic rings. The number of nitrogens with two attached hydrogens (primary N) is 1. The Morgan fingerprint density at radius 1 is 1.10 bits per heavy atom. The number of para-hydroxylation sites is 1. The summed E-state index contributed by atoms with van der Waals surface area (Å²) in [5.74, 6) is 0.262. The number of benzene rings is 2. The van der Waals surface area contributed by atoms with Crippen LogP contribution in [0.2, 0.25) is 0 Å². The SMILES string of the molecule is Nc1ccccc1-c1cccc(CN2CCCS2(=O)=O)c1. The van der Waals surface area contributed by atoms with E-state index < -0.39 is 10.0 Å². The molecule has 21 heavy (non-hydrogen) atoms. The van der Waals surface area contributed by atoms with Crippen LogP contribution in [-0.2, 0) is 16.6 Å². The molecule has 1 heterocycles. The molecule has 0 amide bonds. The number of hydrogen-bond acceptors (Lipinski definition) is 3. The summed E-state index contributed by atoms with van der Waals surface area (Å²) in [6, 6.07) is 15.6. The standard InChI is InChI=1S/C16H18N2O2S/c17-16-8-2-1-7-15(16)14-6-3-5-13(11-14)12-18-9-4-10-21(18,19)20/h1-3,5-8,11H,4,9-10,12,17H2. The number of sulfonamides is 1. The van der Waals surface area contributed by atoms with Crippen molar-refractivity contribution in [2.75, 3.05) is 18.0 Å². The van der Waals surface area contributed by atoms with Crippen LogP contribution in [-0.4, -0.2) is 25.0 Å². The van der Waals surface area contributed by atoms with Crippen LogP contribution in [0.3, 0.4) is 0 Å². The van der Waals surface area contributed by atoms with Crippen LogP contribution >= 0.6 is 0 Å². The van der Waals surface area contributed by atoms with Gasteiger partial charge in [-0.25, -0.2) is 8.42 Å². The van der Waals surface area contributed by atoms with E-state index in [1.165, 1.54) is 0 Å². The Kier molecular flexibility index (Phi) is 3.69. The topological polar surface area (TPSA) is 63.4 Å². The fraction of sp³-hybridized carbons (Fsp3) is 0.250. The van der Waals surface area contributed by atoms with E-state index >= 15 is 0 Å². The fourth-order valence-corrected chi connectivity index (χ4v) is 4.17. The summed E-state index contributed by atoms with van der Waals surface area (Å²) < 4.78 is 25.3. The molecule has 3 rings (SSSR count). The first-order chi connectivity index (χ1) is 10.1. The Hall–Kier alpha value is -1.85. The maximum atomic E-state index is 11.9. The molecule has 1 aliphatic heterocycles. The van der Waals surface area contributed by atoms with Gasteiger partial charge >= 0.3 is 0 Å². The van der Waals surface area contributed by atoms with Gasteiger partial charge in [0.25, 0.3) is 0 Å². The Labute approximate surface area is 125 Å². The quantitative estimate of drug-likeness (QED) is 0.886. The first kappa shape index (κ1) is 14.1. The summed E-state index contributed by atoms with van der Waals surface area (Å²) in [5, 5.41) is 0. The van der Waals surface area contributed by atoms with Crippen molar-refractivity contribution in [3.8, 4) is 11.1 Å². The molecule has 0 unspecified atom stereocenters. The fourth-order valence-electron chi connectivity index (χ4n) is 2.67. The van der Waals surface area contributed by atoms with Crippen molar-refractivity contribution in [2.24, 2.45) is 0 Å². The molecule has 5 heteroatoms. The van der Waals surface area contributed by atoms with Gasteiger partial charge in [0.1, 0.15) is 0 Å². The van der Waals surface area contributed by atoms with E-state index in [1.807, 2.05) is 48.5 Å².